The van der Waals surface area contributed by atoms with Gasteiger partial charge in [-0.2, -0.15) is 0 Å². The van der Waals surface area contributed by atoms with E-state index in [0.717, 1.165) is 31.6 Å². The van der Waals surface area contributed by atoms with Crippen molar-refractivity contribution in [3.8, 4) is 0 Å². The summed E-state index contributed by atoms with van der Waals surface area (Å²) in [4.78, 5) is 14.1. The summed E-state index contributed by atoms with van der Waals surface area (Å²) in [6, 6.07) is 0.323. The van der Waals surface area contributed by atoms with Gasteiger partial charge in [-0.15, -0.1) is 11.8 Å². The van der Waals surface area contributed by atoms with Gasteiger partial charge < -0.3 is 10.6 Å². The third-order valence-electron chi connectivity index (χ3n) is 3.14. The van der Waals surface area contributed by atoms with Crippen LogP contribution in [0.3, 0.4) is 0 Å². The number of likely N-dealkylation sites (tertiary alicyclic amines) is 1. The van der Waals surface area contributed by atoms with Crippen LogP contribution in [0, 0.1) is 0 Å². The van der Waals surface area contributed by atoms with E-state index in [2.05, 4.69) is 0 Å². The SMILES string of the molecule is NCC1CCCN1C(=O)C1CCCS1. The molecule has 2 heterocycles. The highest BCUT2D eigenvalue weighted by Crippen LogP contribution is 2.30. The Kier molecular flexibility index (Phi) is 3.34. The van der Waals surface area contributed by atoms with Gasteiger partial charge >= 0.3 is 0 Å². The molecule has 2 unspecified atom stereocenters. The van der Waals surface area contributed by atoms with E-state index in [0.29, 0.717) is 18.5 Å². The molecule has 3 nitrogen and oxygen atoms in total. The van der Waals surface area contributed by atoms with Crippen molar-refractivity contribution < 1.29 is 4.79 Å². The predicted molar refractivity (Wildman–Crippen MR) is 59.3 cm³/mol. The van der Waals surface area contributed by atoms with Crippen molar-refractivity contribution in [2.24, 2.45) is 5.73 Å². The Morgan fingerprint density at radius 2 is 2.29 bits per heavy atom. The number of thioether (sulfide) groups is 1. The fourth-order valence-corrected chi connectivity index (χ4v) is 3.56. The lowest BCUT2D eigenvalue weighted by molar-refractivity contribution is -0.131. The van der Waals surface area contributed by atoms with Crippen molar-refractivity contribution in [3.63, 3.8) is 0 Å². The molecule has 14 heavy (non-hydrogen) atoms. The van der Waals surface area contributed by atoms with Crippen LogP contribution in [-0.2, 0) is 4.79 Å². The van der Waals surface area contributed by atoms with E-state index < -0.39 is 0 Å². The Hall–Kier alpha value is -0.220. The van der Waals surface area contributed by atoms with Gasteiger partial charge in [-0.25, -0.2) is 0 Å². The lowest BCUT2D eigenvalue weighted by atomic mass is 10.2. The van der Waals surface area contributed by atoms with Gasteiger partial charge in [0.1, 0.15) is 0 Å². The normalized spacial score (nSPS) is 32.5. The molecular weight excluding hydrogens is 196 g/mol. The molecule has 0 spiro atoms. The van der Waals surface area contributed by atoms with Crippen molar-refractivity contribution >= 4 is 17.7 Å². The molecule has 0 aliphatic carbocycles. The Balaban J connectivity index is 1.95. The molecule has 2 rings (SSSR count). The van der Waals surface area contributed by atoms with Gasteiger partial charge in [0.25, 0.3) is 0 Å². The molecule has 2 saturated heterocycles. The van der Waals surface area contributed by atoms with E-state index in [1.165, 1.54) is 6.42 Å². The summed E-state index contributed by atoms with van der Waals surface area (Å²) in [5, 5.41) is 0.238. The number of nitrogens with zero attached hydrogens (tertiary/aromatic N) is 1. The number of amides is 1. The van der Waals surface area contributed by atoms with Crippen LogP contribution in [0.5, 0.6) is 0 Å². The van der Waals surface area contributed by atoms with Crippen molar-refractivity contribution in [1.82, 2.24) is 4.90 Å². The Bertz CT molecular complexity index is 216. The molecule has 80 valence electrons. The summed E-state index contributed by atoms with van der Waals surface area (Å²) in [5.74, 6) is 1.50. The van der Waals surface area contributed by atoms with Gasteiger partial charge in [0.15, 0.2) is 0 Å². The highest BCUT2D eigenvalue weighted by molar-refractivity contribution is 8.00. The highest BCUT2D eigenvalue weighted by atomic mass is 32.2. The maximum Gasteiger partial charge on any atom is 0.235 e. The fourth-order valence-electron chi connectivity index (χ4n) is 2.33. The number of nitrogens with two attached hydrogens (primary N) is 1. The van der Waals surface area contributed by atoms with Gasteiger partial charge in [-0.1, -0.05) is 0 Å². The van der Waals surface area contributed by atoms with Gasteiger partial charge in [-0.05, 0) is 31.4 Å². The maximum absolute atomic E-state index is 12.1. The molecule has 2 fully saturated rings. The maximum atomic E-state index is 12.1. The van der Waals surface area contributed by atoms with Gasteiger partial charge in [0.2, 0.25) is 5.91 Å². The van der Waals surface area contributed by atoms with E-state index in [1.54, 1.807) is 0 Å². The highest BCUT2D eigenvalue weighted by Gasteiger charge is 2.33. The number of rotatable bonds is 2. The molecule has 2 atom stereocenters. The number of hydrogen-bond donors (Lipinski definition) is 1. The van der Waals surface area contributed by atoms with Gasteiger partial charge in [-0.3, -0.25) is 4.79 Å². The fraction of sp³-hybridized carbons (Fsp3) is 0.900. The monoisotopic (exact) mass is 214 g/mol. The minimum Gasteiger partial charge on any atom is -0.337 e. The van der Waals surface area contributed by atoms with E-state index in [-0.39, 0.29) is 5.25 Å². The summed E-state index contributed by atoms with van der Waals surface area (Å²) in [6.45, 7) is 1.56. The molecule has 0 aromatic rings. The van der Waals surface area contributed by atoms with Crippen LogP contribution in [0.2, 0.25) is 0 Å². The zero-order valence-corrected chi connectivity index (χ0v) is 9.26. The van der Waals surface area contributed by atoms with Crippen LogP contribution < -0.4 is 5.73 Å². The molecular formula is C10H18N2OS. The lowest BCUT2D eigenvalue weighted by Gasteiger charge is -2.25. The Morgan fingerprint density at radius 3 is 2.93 bits per heavy atom. The zero-order valence-electron chi connectivity index (χ0n) is 8.45. The molecule has 2 N–H and O–H groups in total. The van der Waals surface area contributed by atoms with Crippen LogP contribution in [-0.4, -0.2) is 40.9 Å². The predicted octanol–water partition coefficient (Wildman–Crippen LogP) is 0.832. The first-order valence-corrected chi connectivity index (χ1v) is 6.50. The first-order chi connectivity index (χ1) is 6.83. The standard InChI is InChI=1S/C10H18N2OS/c11-7-8-3-1-5-12(8)10(13)9-4-2-6-14-9/h8-9H,1-7,11H2. The van der Waals surface area contributed by atoms with Crippen LogP contribution in [0.4, 0.5) is 0 Å². The third kappa shape index (κ3) is 1.91. The second-order valence-corrected chi connectivity index (χ2v) is 5.38. The first kappa shape index (κ1) is 10.3. The minimum absolute atomic E-state index is 0.238. The molecule has 2 aliphatic rings. The molecule has 1 amide bonds. The van der Waals surface area contributed by atoms with Crippen molar-refractivity contribution in [3.05, 3.63) is 0 Å². The Labute approximate surface area is 89.4 Å². The molecule has 0 aromatic carbocycles. The van der Waals surface area contributed by atoms with Crippen LogP contribution in [0.15, 0.2) is 0 Å². The molecule has 0 radical (unpaired) electrons. The Morgan fingerprint density at radius 1 is 1.43 bits per heavy atom. The van der Waals surface area contributed by atoms with Crippen molar-refractivity contribution in [2.45, 2.75) is 37.0 Å². The lowest BCUT2D eigenvalue weighted by Crippen LogP contribution is -2.43. The van der Waals surface area contributed by atoms with Crippen molar-refractivity contribution in [2.75, 3.05) is 18.8 Å². The molecule has 0 aromatic heterocycles. The summed E-state index contributed by atoms with van der Waals surface area (Å²) >= 11 is 1.82. The minimum atomic E-state index is 0.238. The number of carbonyl (C=O) groups is 1. The van der Waals surface area contributed by atoms with E-state index in [4.69, 9.17) is 5.73 Å². The average Bonchev–Trinajstić information content (AvgIpc) is 2.87. The largest absolute Gasteiger partial charge is 0.337 e. The average molecular weight is 214 g/mol. The summed E-state index contributed by atoms with van der Waals surface area (Å²) in [7, 11) is 0. The first-order valence-electron chi connectivity index (χ1n) is 5.45. The van der Waals surface area contributed by atoms with E-state index in [9.17, 15) is 4.79 Å². The van der Waals surface area contributed by atoms with Gasteiger partial charge in [0, 0.05) is 19.1 Å². The van der Waals surface area contributed by atoms with E-state index >= 15 is 0 Å². The van der Waals surface area contributed by atoms with Crippen LogP contribution in [0.1, 0.15) is 25.7 Å². The quantitative estimate of drug-likeness (QED) is 0.740. The smallest absolute Gasteiger partial charge is 0.235 e. The molecule has 2 aliphatic heterocycles. The molecule has 0 saturated carbocycles. The second kappa shape index (κ2) is 4.53. The topological polar surface area (TPSA) is 46.3 Å². The summed E-state index contributed by atoms with van der Waals surface area (Å²) in [6.07, 6.45) is 4.49. The van der Waals surface area contributed by atoms with E-state index in [1.807, 2.05) is 16.7 Å². The van der Waals surface area contributed by atoms with Crippen molar-refractivity contribution in [1.29, 1.82) is 0 Å². The van der Waals surface area contributed by atoms with Crippen LogP contribution >= 0.6 is 11.8 Å². The van der Waals surface area contributed by atoms with Gasteiger partial charge in [0.05, 0.1) is 5.25 Å². The second-order valence-electron chi connectivity index (χ2n) is 4.07. The molecule has 0 bridgehead atoms. The molecule has 4 heteroatoms. The van der Waals surface area contributed by atoms with Crippen LogP contribution in [0.25, 0.3) is 0 Å². The number of carbonyl (C=O) groups excluding carboxylic acids is 1. The zero-order chi connectivity index (χ0) is 9.97. The third-order valence-corrected chi connectivity index (χ3v) is 4.50. The summed E-state index contributed by atoms with van der Waals surface area (Å²) < 4.78 is 0. The number of hydrogen-bond acceptors (Lipinski definition) is 3. The summed E-state index contributed by atoms with van der Waals surface area (Å²) in [5.41, 5.74) is 5.66.